The lowest BCUT2D eigenvalue weighted by molar-refractivity contribution is -0.120. The lowest BCUT2D eigenvalue weighted by Gasteiger charge is -2.23. The van der Waals surface area contributed by atoms with Crippen LogP contribution < -0.4 is 15.8 Å². The molecule has 126 valence electrons. The number of nitrogens with one attached hydrogen (secondary N) is 1. The molecule has 0 radical (unpaired) electrons. The maximum atomic E-state index is 12.2. The summed E-state index contributed by atoms with van der Waals surface area (Å²) in [5, 5.41) is 2.69. The third-order valence-electron chi connectivity index (χ3n) is 3.10. The fourth-order valence-electron chi connectivity index (χ4n) is 1.89. The minimum absolute atomic E-state index is 0. The maximum Gasteiger partial charge on any atom is 0.272 e. The number of carbonyl (C=O) groups is 1. The van der Waals surface area contributed by atoms with Crippen LogP contribution in [0, 0.1) is 6.92 Å². The lowest BCUT2D eigenvalue weighted by Crippen LogP contribution is -2.48. The fraction of sp³-hybridized carbons (Fsp3) is 0.533. The largest absolute Gasteiger partial charge is 0.487 e. The van der Waals surface area contributed by atoms with Crippen molar-refractivity contribution < 1.29 is 18.3 Å². The van der Waals surface area contributed by atoms with Crippen LogP contribution in [0.4, 0.5) is 14.5 Å². The number of nitrogens with two attached hydrogens (primary N) is 1. The Bertz CT molecular complexity index is 496. The highest BCUT2D eigenvalue weighted by atomic mass is 35.5. The van der Waals surface area contributed by atoms with Crippen molar-refractivity contribution in [3.8, 4) is 5.75 Å². The highest BCUT2D eigenvalue weighted by Crippen LogP contribution is 2.24. The highest BCUT2D eigenvalue weighted by Gasteiger charge is 2.27. The molecule has 0 aliphatic heterocycles. The predicted octanol–water partition coefficient (Wildman–Crippen LogP) is 3.52. The Morgan fingerprint density at radius 1 is 1.45 bits per heavy atom. The van der Waals surface area contributed by atoms with E-state index in [1.807, 2.05) is 6.92 Å². The molecule has 0 spiro atoms. The van der Waals surface area contributed by atoms with Crippen LogP contribution in [0.1, 0.15) is 32.3 Å². The van der Waals surface area contributed by atoms with Gasteiger partial charge in [-0.25, -0.2) is 8.78 Å². The van der Waals surface area contributed by atoms with Crippen LogP contribution in [0.5, 0.6) is 5.75 Å². The van der Waals surface area contributed by atoms with Gasteiger partial charge in [0.05, 0.1) is 5.54 Å². The second-order valence-electron chi connectivity index (χ2n) is 5.30. The molecule has 0 fully saturated rings. The van der Waals surface area contributed by atoms with Crippen LogP contribution in [-0.4, -0.2) is 24.5 Å². The molecule has 22 heavy (non-hydrogen) atoms. The summed E-state index contributed by atoms with van der Waals surface area (Å²) < 4.78 is 29.4. The van der Waals surface area contributed by atoms with E-state index in [2.05, 4.69) is 5.32 Å². The Kier molecular flexibility index (Phi) is 8.34. The Morgan fingerprint density at radius 2 is 2.09 bits per heavy atom. The molecule has 1 amide bonds. The molecule has 0 aromatic heterocycles. The molecule has 4 nitrogen and oxygen atoms in total. The van der Waals surface area contributed by atoms with Gasteiger partial charge in [0.25, 0.3) is 6.43 Å². The second-order valence-corrected chi connectivity index (χ2v) is 5.30. The first kappa shape index (κ1) is 20.6. The Balaban J connectivity index is 0.00000441. The molecule has 0 bridgehead atoms. The summed E-state index contributed by atoms with van der Waals surface area (Å²) in [5.41, 5.74) is 6.17. The molecule has 1 aromatic carbocycles. The Labute approximate surface area is 135 Å². The SMILES string of the molecule is CCCC(C)(N)C(=O)Nc1ccc(C)c(OCC(F)F)c1.Cl. The molecule has 1 rings (SSSR count). The van der Waals surface area contributed by atoms with Crippen molar-refractivity contribution in [2.45, 2.75) is 45.6 Å². The van der Waals surface area contributed by atoms with Crippen molar-refractivity contribution in [1.29, 1.82) is 0 Å². The van der Waals surface area contributed by atoms with Crippen LogP contribution in [-0.2, 0) is 4.79 Å². The van der Waals surface area contributed by atoms with Crippen molar-refractivity contribution in [3.63, 3.8) is 0 Å². The number of alkyl halides is 2. The highest BCUT2D eigenvalue weighted by molar-refractivity contribution is 5.97. The third kappa shape index (κ3) is 6.15. The second kappa shape index (κ2) is 8.90. The fourth-order valence-corrected chi connectivity index (χ4v) is 1.89. The standard InChI is InChI=1S/C15H22F2N2O2.ClH/c1-4-7-15(3,18)14(20)19-11-6-5-10(2)12(8-11)21-9-13(16)17;/h5-6,8,13H,4,7,9,18H2,1-3H3,(H,19,20);1H. The van der Waals surface area contributed by atoms with Gasteiger partial charge in [0.1, 0.15) is 12.4 Å². The van der Waals surface area contributed by atoms with Crippen LogP contribution in [0.15, 0.2) is 18.2 Å². The molecule has 1 atom stereocenters. The minimum atomic E-state index is -2.54. The zero-order valence-electron chi connectivity index (χ0n) is 13.0. The number of hydrogen-bond donors (Lipinski definition) is 2. The van der Waals surface area contributed by atoms with Crippen LogP contribution in [0.3, 0.4) is 0 Å². The quantitative estimate of drug-likeness (QED) is 0.800. The van der Waals surface area contributed by atoms with E-state index in [4.69, 9.17) is 10.5 Å². The molecule has 3 N–H and O–H groups in total. The van der Waals surface area contributed by atoms with Gasteiger partial charge in [-0.3, -0.25) is 4.79 Å². The number of carbonyl (C=O) groups excluding carboxylic acids is 1. The van der Waals surface area contributed by atoms with E-state index in [1.54, 1.807) is 26.0 Å². The minimum Gasteiger partial charge on any atom is -0.487 e. The molecular formula is C15H23ClF2N2O2. The molecule has 1 unspecified atom stereocenters. The van der Waals surface area contributed by atoms with Gasteiger partial charge in [0, 0.05) is 11.8 Å². The van der Waals surface area contributed by atoms with Gasteiger partial charge >= 0.3 is 0 Å². The number of aryl methyl sites for hydroxylation is 1. The molecule has 0 saturated carbocycles. The zero-order chi connectivity index (χ0) is 16.0. The van der Waals surface area contributed by atoms with E-state index in [0.717, 1.165) is 12.0 Å². The predicted molar refractivity (Wildman–Crippen MR) is 86.1 cm³/mol. The van der Waals surface area contributed by atoms with Crippen LogP contribution >= 0.6 is 12.4 Å². The number of amides is 1. The van der Waals surface area contributed by atoms with Gasteiger partial charge in [0.2, 0.25) is 5.91 Å². The summed E-state index contributed by atoms with van der Waals surface area (Å²) in [6, 6.07) is 4.91. The van der Waals surface area contributed by atoms with Crippen molar-refractivity contribution in [3.05, 3.63) is 23.8 Å². The molecule has 1 aromatic rings. The Morgan fingerprint density at radius 3 is 2.64 bits per heavy atom. The van der Waals surface area contributed by atoms with Crippen molar-refractivity contribution >= 4 is 24.0 Å². The number of benzene rings is 1. The van der Waals surface area contributed by atoms with E-state index < -0.39 is 18.6 Å². The van der Waals surface area contributed by atoms with E-state index in [9.17, 15) is 13.6 Å². The van der Waals surface area contributed by atoms with Crippen LogP contribution in [0.2, 0.25) is 0 Å². The molecule has 0 aliphatic rings. The Hall–Kier alpha value is -1.40. The number of halogens is 3. The van der Waals surface area contributed by atoms with Gasteiger partial charge < -0.3 is 15.8 Å². The zero-order valence-corrected chi connectivity index (χ0v) is 13.8. The monoisotopic (exact) mass is 336 g/mol. The average molecular weight is 337 g/mol. The first-order valence-corrected chi connectivity index (χ1v) is 6.88. The van der Waals surface area contributed by atoms with Gasteiger partial charge in [0.15, 0.2) is 0 Å². The average Bonchev–Trinajstić information content (AvgIpc) is 2.39. The number of hydrogen-bond acceptors (Lipinski definition) is 3. The summed E-state index contributed by atoms with van der Waals surface area (Å²) in [5.74, 6) is 0.00956. The number of rotatable bonds is 7. The summed E-state index contributed by atoms with van der Waals surface area (Å²) in [7, 11) is 0. The lowest BCUT2D eigenvalue weighted by atomic mass is 9.96. The third-order valence-corrected chi connectivity index (χ3v) is 3.10. The number of anilines is 1. The van der Waals surface area contributed by atoms with Gasteiger partial charge in [-0.15, -0.1) is 12.4 Å². The van der Waals surface area contributed by atoms with E-state index >= 15 is 0 Å². The first-order valence-electron chi connectivity index (χ1n) is 6.88. The van der Waals surface area contributed by atoms with E-state index in [0.29, 0.717) is 17.9 Å². The number of ether oxygens (including phenoxy) is 1. The van der Waals surface area contributed by atoms with Gasteiger partial charge in [-0.2, -0.15) is 0 Å². The molecule has 0 heterocycles. The summed E-state index contributed by atoms with van der Waals surface area (Å²) in [4.78, 5) is 12.1. The van der Waals surface area contributed by atoms with Crippen molar-refractivity contribution in [2.24, 2.45) is 5.73 Å². The summed E-state index contributed by atoms with van der Waals surface area (Å²) in [6.45, 7) is 4.67. The van der Waals surface area contributed by atoms with Gasteiger partial charge in [-0.05, 0) is 31.9 Å². The normalized spacial score (nSPS) is 13.2. The molecule has 0 aliphatic carbocycles. The summed E-state index contributed by atoms with van der Waals surface area (Å²) >= 11 is 0. The molecule has 7 heteroatoms. The summed E-state index contributed by atoms with van der Waals surface area (Å²) in [6.07, 6.45) is -1.20. The molecular weight excluding hydrogens is 314 g/mol. The van der Waals surface area contributed by atoms with Crippen molar-refractivity contribution in [2.75, 3.05) is 11.9 Å². The van der Waals surface area contributed by atoms with Crippen LogP contribution in [0.25, 0.3) is 0 Å². The van der Waals surface area contributed by atoms with E-state index in [1.165, 1.54) is 6.07 Å². The topological polar surface area (TPSA) is 64.4 Å². The van der Waals surface area contributed by atoms with Crippen molar-refractivity contribution in [1.82, 2.24) is 0 Å². The maximum absolute atomic E-state index is 12.2. The van der Waals surface area contributed by atoms with E-state index in [-0.39, 0.29) is 18.3 Å². The van der Waals surface area contributed by atoms with Gasteiger partial charge in [-0.1, -0.05) is 19.4 Å². The smallest absolute Gasteiger partial charge is 0.272 e. The molecule has 0 saturated heterocycles. The first-order chi connectivity index (χ1) is 9.76.